The Morgan fingerprint density at radius 1 is 0.971 bits per heavy atom. The molecule has 6 heteroatoms. The second-order valence-electron chi connectivity index (χ2n) is 8.58. The van der Waals surface area contributed by atoms with E-state index in [0.29, 0.717) is 6.61 Å². The van der Waals surface area contributed by atoms with Crippen molar-refractivity contribution < 1.29 is 4.74 Å². The summed E-state index contributed by atoms with van der Waals surface area (Å²) in [6, 6.07) is 21.9. The summed E-state index contributed by atoms with van der Waals surface area (Å²) in [4.78, 5) is 18.4. The average Bonchev–Trinajstić information content (AvgIpc) is 2.86. The Morgan fingerprint density at radius 2 is 1.76 bits per heavy atom. The maximum absolute atomic E-state index is 11.8. The molecule has 34 heavy (non-hydrogen) atoms. The number of pyridine rings is 2. The van der Waals surface area contributed by atoms with Crippen molar-refractivity contribution in [2.45, 2.75) is 19.9 Å². The van der Waals surface area contributed by atoms with Crippen LogP contribution >= 0.6 is 0 Å². The van der Waals surface area contributed by atoms with E-state index in [0.717, 1.165) is 54.9 Å². The molecule has 0 saturated heterocycles. The summed E-state index contributed by atoms with van der Waals surface area (Å²) < 4.78 is 7.68. The quantitative estimate of drug-likeness (QED) is 0.334. The number of aryl methyl sites for hydroxylation is 2. The Morgan fingerprint density at radius 3 is 2.56 bits per heavy atom. The number of ether oxygens (including phenoxy) is 1. The highest BCUT2D eigenvalue weighted by Crippen LogP contribution is 2.19. The maximum atomic E-state index is 11.8. The number of hydrogen-bond acceptors (Lipinski definition) is 5. The number of nitrogens with zero attached hydrogens (tertiary/aromatic N) is 3. The van der Waals surface area contributed by atoms with Crippen LogP contribution in [-0.4, -0.2) is 40.7 Å². The van der Waals surface area contributed by atoms with E-state index < -0.39 is 0 Å². The van der Waals surface area contributed by atoms with E-state index in [1.54, 1.807) is 17.7 Å². The van der Waals surface area contributed by atoms with Gasteiger partial charge in [-0.15, -0.1) is 0 Å². The molecule has 0 aliphatic carbocycles. The Kier molecular flexibility index (Phi) is 7.94. The van der Waals surface area contributed by atoms with E-state index in [4.69, 9.17) is 4.74 Å². The lowest BCUT2D eigenvalue weighted by Gasteiger charge is -2.23. The minimum Gasteiger partial charge on any atom is -0.494 e. The fraction of sp³-hybridized carbons (Fsp3) is 0.286. The summed E-state index contributed by atoms with van der Waals surface area (Å²) in [5, 5.41) is 4.52. The van der Waals surface area contributed by atoms with Gasteiger partial charge in [-0.3, -0.25) is 14.7 Å². The Labute approximate surface area is 200 Å². The monoisotopic (exact) mass is 456 g/mol. The Balaban J connectivity index is 1.30. The van der Waals surface area contributed by atoms with Gasteiger partial charge in [0, 0.05) is 62.8 Å². The van der Waals surface area contributed by atoms with Crippen LogP contribution in [0.25, 0.3) is 10.9 Å². The molecule has 0 amide bonds. The van der Waals surface area contributed by atoms with E-state index in [1.807, 2.05) is 36.7 Å². The largest absolute Gasteiger partial charge is 0.494 e. The molecule has 0 saturated carbocycles. The van der Waals surface area contributed by atoms with E-state index in [1.165, 1.54) is 11.1 Å². The van der Waals surface area contributed by atoms with Crippen LogP contribution < -0.4 is 15.6 Å². The van der Waals surface area contributed by atoms with Crippen molar-refractivity contribution in [2.75, 3.05) is 31.6 Å². The lowest BCUT2D eigenvalue weighted by Crippen LogP contribution is -2.30. The van der Waals surface area contributed by atoms with Crippen molar-refractivity contribution in [3.63, 3.8) is 0 Å². The second-order valence-corrected chi connectivity index (χ2v) is 8.58. The number of hydrogen-bond donors (Lipinski definition) is 1. The smallest absolute Gasteiger partial charge is 0.250 e. The Hall–Kier alpha value is -3.64. The van der Waals surface area contributed by atoms with E-state index in [2.05, 4.69) is 58.5 Å². The molecular formula is C28H32N4O2. The fourth-order valence-electron chi connectivity index (χ4n) is 3.98. The molecule has 176 valence electrons. The fourth-order valence-corrected chi connectivity index (χ4v) is 3.98. The van der Waals surface area contributed by atoms with Crippen molar-refractivity contribution in [3.05, 3.63) is 101 Å². The topological polar surface area (TPSA) is 59.4 Å². The van der Waals surface area contributed by atoms with Gasteiger partial charge in [0.1, 0.15) is 5.75 Å². The average molecular weight is 457 g/mol. The number of rotatable bonds is 11. The van der Waals surface area contributed by atoms with Crippen LogP contribution in [0.1, 0.15) is 17.5 Å². The minimum atomic E-state index is -0.00711. The lowest BCUT2D eigenvalue weighted by molar-refractivity contribution is 0.234. The highest BCUT2D eigenvalue weighted by molar-refractivity contribution is 5.80. The van der Waals surface area contributed by atoms with Gasteiger partial charge in [0.15, 0.2) is 0 Å². The predicted octanol–water partition coefficient (Wildman–Crippen LogP) is 4.63. The van der Waals surface area contributed by atoms with E-state index >= 15 is 0 Å². The zero-order valence-electron chi connectivity index (χ0n) is 19.9. The molecule has 2 aromatic carbocycles. The van der Waals surface area contributed by atoms with Gasteiger partial charge in [0.2, 0.25) is 0 Å². The summed E-state index contributed by atoms with van der Waals surface area (Å²) in [5.41, 5.74) is 4.56. The number of aromatic nitrogens is 2. The number of nitrogens with one attached hydrogen (secondary N) is 1. The third-order valence-electron chi connectivity index (χ3n) is 5.95. The molecule has 0 spiro atoms. The van der Waals surface area contributed by atoms with Gasteiger partial charge in [0.25, 0.3) is 5.56 Å². The van der Waals surface area contributed by atoms with Crippen molar-refractivity contribution in [2.24, 2.45) is 7.05 Å². The van der Waals surface area contributed by atoms with Gasteiger partial charge in [-0.1, -0.05) is 17.7 Å². The van der Waals surface area contributed by atoms with Crippen molar-refractivity contribution in [1.29, 1.82) is 0 Å². The van der Waals surface area contributed by atoms with Crippen LogP contribution in [0.3, 0.4) is 0 Å². The second kappa shape index (κ2) is 11.5. The molecule has 2 aromatic heterocycles. The lowest BCUT2D eigenvalue weighted by atomic mass is 10.2. The summed E-state index contributed by atoms with van der Waals surface area (Å²) in [6.45, 7) is 6.35. The van der Waals surface area contributed by atoms with E-state index in [9.17, 15) is 4.79 Å². The first-order valence-electron chi connectivity index (χ1n) is 11.7. The molecule has 0 fully saturated rings. The summed E-state index contributed by atoms with van der Waals surface area (Å²) in [6.07, 6.45) is 4.61. The van der Waals surface area contributed by atoms with Gasteiger partial charge >= 0.3 is 0 Å². The van der Waals surface area contributed by atoms with Crippen molar-refractivity contribution in [1.82, 2.24) is 14.5 Å². The first-order valence-corrected chi connectivity index (χ1v) is 11.7. The van der Waals surface area contributed by atoms with Crippen LogP contribution in [0.4, 0.5) is 5.69 Å². The normalized spacial score (nSPS) is 11.1. The zero-order valence-corrected chi connectivity index (χ0v) is 19.9. The molecule has 1 N–H and O–H groups in total. The molecule has 0 aliphatic rings. The van der Waals surface area contributed by atoms with Crippen LogP contribution in [0, 0.1) is 6.92 Å². The number of anilines is 1. The first-order chi connectivity index (χ1) is 16.6. The highest BCUT2D eigenvalue weighted by Gasteiger charge is 2.07. The van der Waals surface area contributed by atoms with Gasteiger partial charge in [-0.25, -0.2) is 0 Å². The molecule has 6 nitrogen and oxygen atoms in total. The molecule has 0 unspecified atom stereocenters. The number of fused-ring (bicyclic) bond motifs is 1. The highest BCUT2D eigenvalue weighted by atomic mass is 16.5. The van der Waals surface area contributed by atoms with Gasteiger partial charge in [0.05, 0.1) is 12.1 Å². The molecule has 0 aliphatic heterocycles. The summed E-state index contributed by atoms with van der Waals surface area (Å²) in [7, 11) is 1.79. The molecule has 0 atom stereocenters. The van der Waals surface area contributed by atoms with Crippen LogP contribution in [0.15, 0.2) is 83.9 Å². The van der Waals surface area contributed by atoms with Gasteiger partial charge < -0.3 is 14.6 Å². The summed E-state index contributed by atoms with van der Waals surface area (Å²) in [5.74, 6) is 0.827. The molecule has 2 heterocycles. The third kappa shape index (κ3) is 6.45. The Bertz CT molecular complexity index is 1250. The van der Waals surface area contributed by atoms with Gasteiger partial charge in [-0.05, 0) is 67.4 Å². The minimum absolute atomic E-state index is 0.00711. The zero-order chi connectivity index (χ0) is 23.8. The summed E-state index contributed by atoms with van der Waals surface area (Å²) >= 11 is 0. The third-order valence-corrected chi connectivity index (χ3v) is 5.95. The standard InChI is InChI=1S/C28H32N4O2/c1-22-4-7-25(8-5-22)30-16-18-32(21-23-12-14-29-15-13-23)17-3-19-34-26-9-10-27-24(20-26)6-11-28(33)31(27)2/h4-15,20,30H,3,16-19,21H2,1-2H3. The van der Waals surface area contributed by atoms with Gasteiger partial charge in [-0.2, -0.15) is 0 Å². The van der Waals surface area contributed by atoms with E-state index in [-0.39, 0.29) is 5.56 Å². The number of benzene rings is 2. The van der Waals surface area contributed by atoms with Crippen molar-refractivity contribution in [3.8, 4) is 5.75 Å². The SMILES string of the molecule is Cc1ccc(NCCN(CCCOc2ccc3c(ccc(=O)n3C)c2)Cc2ccncc2)cc1. The van der Waals surface area contributed by atoms with Crippen LogP contribution in [-0.2, 0) is 13.6 Å². The molecule has 4 rings (SSSR count). The molecule has 0 radical (unpaired) electrons. The first kappa shape index (κ1) is 23.5. The molecular weight excluding hydrogens is 424 g/mol. The molecule has 0 bridgehead atoms. The van der Waals surface area contributed by atoms with Crippen molar-refractivity contribution >= 4 is 16.6 Å². The maximum Gasteiger partial charge on any atom is 0.250 e. The predicted molar refractivity (Wildman–Crippen MR) is 138 cm³/mol. The van der Waals surface area contributed by atoms with Crippen LogP contribution in [0.5, 0.6) is 5.75 Å². The molecule has 4 aromatic rings. The van der Waals surface area contributed by atoms with Crippen LogP contribution in [0.2, 0.25) is 0 Å².